The normalized spacial score (nSPS) is 11.0. The van der Waals surface area contributed by atoms with Crippen molar-refractivity contribution in [2.75, 3.05) is 18.5 Å². The highest BCUT2D eigenvalue weighted by atomic mass is 16.3. The third-order valence-corrected chi connectivity index (χ3v) is 2.93. The predicted molar refractivity (Wildman–Crippen MR) is 80.1 cm³/mol. The summed E-state index contributed by atoms with van der Waals surface area (Å²) >= 11 is 0. The molecule has 0 saturated heterocycles. The van der Waals surface area contributed by atoms with Crippen LogP contribution in [0.5, 0.6) is 0 Å². The van der Waals surface area contributed by atoms with E-state index in [1.165, 1.54) is 17.1 Å². The first-order valence-electron chi connectivity index (χ1n) is 6.65. The topological polar surface area (TPSA) is 133 Å². The number of aromatic amines is 1. The number of rotatable bonds is 5. The number of fused-ring (bicyclic) bond motifs is 1. The maximum Gasteiger partial charge on any atom is 0.280 e. The van der Waals surface area contributed by atoms with Crippen LogP contribution < -0.4 is 10.9 Å². The zero-order valence-corrected chi connectivity index (χ0v) is 12.2. The van der Waals surface area contributed by atoms with Gasteiger partial charge in [-0.3, -0.25) is 24.5 Å². The van der Waals surface area contributed by atoms with Gasteiger partial charge in [0.25, 0.3) is 5.56 Å². The third-order valence-electron chi connectivity index (χ3n) is 2.93. The smallest absolute Gasteiger partial charge is 0.280 e. The zero-order chi connectivity index (χ0) is 16.3. The summed E-state index contributed by atoms with van der Waals surface area (Å²) in [5.74, 6) is -0.530. The molecule has 0 spiro atoms. The maximum absolute atomic E-state index is 11.9. The van der Waals surface area contributed by atoms with E-state index in [4.69, 9.17) is 10.2 Å². The minimum Gasteiger partial charge on any atom is -0.392 e. The predicted octanol–water partition coefficient (Wildman–Crippen LogP) is -0.460. The number of hydrogen-bond donors (Lipinski definition) is 4. The van der Waals surface area contributed by atoms with Gasteiger partial charge in [0.15, 0.2) is 11.2 Å². The van der Waals surface area contributed by atoms with Gasteiger partial charge in [-0.25, -0.2) is 4.98 Å². The average Bonchev–Trinajstić information content (AvgIpc) is 2.88. The molecule has 0 saturated carbocycles. The number of hydrogen-bond acceptors (Lipinski definition) is 6. The standard InChI is InChI=1S/C13H17N5O4/c1-7(2)11(21)16-13-15-10-9(12(22)17-13)14-6-18(10)3-8(4-19)5-20/h3,6-7,19-20H,4-5H2,1-2H3,(H2,15,16,17,21,22). The molecule has 0 aliphatic rings. The number of anilines is 1. The number of aromatic nitrogens is 4. The summed E-state index contributed by atoms with van der Waals surface area (Å²) in [6, 6.07) is 0. The Morgan fingerprint density at radius 2 is 2.14 bits per heavy atom. The molecule has 1 amide bonds. The first kappa shape index (κ1) is 15.9. The highest BCUT2D eigenvalue weighted by Gasteiger charge is 2.13. The van der Waals surface area contributed by atoms with Gasteiger partial charge in [-0.1, -0.05) is 13.8 Å². The van der Waals surface area contributed by atoms with E-state index in [1.54, 1.807) is 13.8 Å². The molecule has 0 unspecified atom stereocenters. The molecule has 0 aliphatic carbocycles. The van der Waals surface area contributed by atoms with Crippen LogP contribution in [0.1, 0.15) is 13.8 Å². The van der Waals surface area contributed by atoms with Gasteiger partial charge in [-0.2, -0.15) is 4.98 Å². The second kappa shape index (κ2) is 6.50. The van der Waals surface area contributed by atoms with Crippen molar-refractivity contribution in [1.29, 1.82) is 0 Å². The molecule has 4 N–H and O–H groups in total. The van der Waals surface area contributed by atoms with E-state index in [9.17, 15) is 9.59 Å². The summed E-state index contributed by atoms with van der Waals surface area (Å²) in [5.41, 5.74) is 0.135. The summed E-state index contributed by atoms with van der Waals surface area (Å²) in [7, 11) is 0. The first-order chi connectivity index (χ1) is 10.5. The van der Waals surface area contributed by atoms with Gasteiger partial charge in [-0.05, 0) is 5.57 Å². The van der Waals surface area contributed by atoms with Gasteiger partial charge in [-0.15, -0.1) is 0 Å². The van der Waals surface area contributed by atoms with Crippen molar-refractivity contribution in [3.63, 3.8) is 0 Å². The van der Waals surface area contributed by atoms with E-state index in [1.807, 2.05) is 0 Å². The Morgan fingerprint density at radius 1 is 1.45 bits per heavy atom. The summed E-state index contributed by atoms with van der Waals surface area (Å²) in [6.45, 7) is 2.76. The second-order valence-corrected chi connectivity index (χ2v) is 4.99. The van der Waals surface area contributed by atoms with Crippen LogP contribution in [0.3, 0.4) is 0 Å². The molecule has 9 heteroatoms. The summed E-state index contributed by atoms with van der Waals surface area (Å²) in [4.78, 5) is 34.1. The Balaban J connectivity index is 2.50. The van der Waals surface area contributed by atoms with E-state index in [0.29, 0.717) is 5.57 Å². The number of carbonyl (C=O) groups is 1. The largest absolute Gasteiger partial charge is 0.392 e. The van der Waals surface area contributed by atoms with Gasteiger partial charge in [0.1, 0.15) is 6.33 Å². The monoisotopic (exact) mass is 307 g/mol. The number of aliphatic hydroxyl groups excluding tert-OH is 2. The third kappa shape index (κ3) is 3.21. The van der Waals surface area contributed by atoms with Crippen LogP contribution in [0.2, 0.25) is 0 Å². The zero-order valence-electron chi connectivity index (χ0n) is 12.2. The molecular weight excluding hydrogens is 290 g/mol. The van der Waals surface area contributed by atoms with Crippen LogP contribution in [0.15, 0.2) is 16.7 Å². The van der Waals surface area contributed by atoms with E-state index in [0.717, 1.165) is 0 Å². The minimum atomic E-state index is -0.495. The van der Waals surface area contributed by atoms with Crippen molar-refractivity contribution in [2.24, 2.45) is 5.92 Å². The molecule has 2 heterocycles. The number of carbonyl (C=O) groups excluding carboxylic acids is 1. The summed E-state index contributed by atoms with van der Waals surface area (Å²) in [6.07, 6.45) is 2.77. The molecule has 118 valence electrons. The number of H-pyrrole nitrogens is 1. The number of imidazole rings is 1. The molecule has 2 rings (SSSR count). The highest BCUT2D eigenvalue weighted by molar-refractivity contribution is 5.91. The van der Waals surface area contributed by atoms with Crippen molar-refractivity contribution in [3.05, 3.63) is 22.3 Å². The van der Waals surface area contributed by atoms with Gasteiger partial charge in [0.05, 0.1) is 13.2 Å². The lowest BCUT2D eigenvalue weighted by Crippen LogP contribution is -2.22. The number of nitrogens with one attached hydrogen (secondary N) is 2. The minimum absolute atomic E-state index is 0.0147. The fourth-order valence-corrected chi connectivity index (χ4v) is 1.67. The molecule has 0 bridgehead atoms. The lowest BCUT2D eigenvalue weighted by molar-refractivity contribution is -0.118. The second-order valence-electron chi connectivity index (χ2n) is 4.99. The Morgan fingerprint density at radius 3 is 2.73 bits per heavy atom. The van der Waals surface area contributed by atoms with Crippen molar-refractivity contribution < 1.29 is 15.0 Å². The summed E-state index contributed by atoms with van der Waals surface area (Å²) < 4.78 is 1.40. The molecule has 0 radical (unpaired) electrons. The number of aliphatic hydroxyl groups is 2. The molecule has 9 nitrogen and oxygen atoms in total. The van der Waals surface area contributed by atoms with Crippen molar-refractivity contribution >= 4 is 29.2 Å². The van der Waals surface area contributed by atoms with Gasteiger partial charge >= 0.3 is 0 Å². The van der Waals surface area contributed by atoms with E-state index in [-0.39, 0.29) is 42.2 Å². The number of amides is 1. The first-order valence-corrected chi connectivity index (χ1v) is 6.65. The average molecular weight is 307 g/mol. The van der Waals surface area contributed by atoms with E-state index >= 15 is 0 Å². The van der Waals surface area contributed by atoms with Crippen molar-refractivity contribution in [3.8, 4) is 0 Å². The fraction of sp³-hybridized carbons (Fsp3) is 0.385. The van der Waals surface area contributed by atoms with Crippen LogP contribution in [-0.2, 0) is 4.79 Å². The van der Waals surface area contributed by atoms with Gasteiger partial charge in [0.2, 0.25) is 11.9 Å². The van der Waals surface area contributed by atoms with E-state index in [2.05, 4.69) is 20.3 Å². The molecule has 0 atom stereocenters. The van der Waals surface area contributed by atoms with Gasteiger partial charge < -0.3 is 10.2 Å². The Bertz CT molecular complexity index is 768. The number of nitrogens with zero attached hydrogens (tertiary/aromatic N) is 3. The molecule has 0 aromatic carbocycles. The fourth-order valence-electron chi connectivity index (χ4n) is 1.67. The Kier molecular flexibility index (Phi) is 4.68. The molecule has 2 aromatic rings. The van der Waals surface area contributed by atoms with Crippen LogP contribution >= 0.6 is 0 Å². The van der Waals surface area contributed by atoms with Crippen molar-refractivity contribution in [1.82, 2.24) is 19.5 Å². The summed E-state index contributed by atoms with van der Waals surface area (Å²) in [5, 5.41) is 20.7. The highest BCUT2D eigenvalue weighted by Crippen LogP contribution is 2.10. The van der Waals surface area contributed by atoms with Crippen molar-refractivity contribution in [2.45, 2.75) is 13.8 Å². The SMILES string of the molecule is CC(C)C(=O)Nc1nc2c(ncn2C=C(CO)CO)c(=O)[nH]1. The van der Waals surface area contributed by atoms with Crippen LogP contribution in [0.25, 0.3) is 17.4 Å². The molecule has 0 fully saturated rings. The van der Waals surface area contributed by atoms with Gasteiger partial charge in [0, 0.05) is 12.1 Å². The molecular formula is C13H17N5O4. The molecule has 22 heavy (non-hydrogen) atoms. The van der Waals surface area contributed by atoms with Crippen LogP contribution in [0, 0.1) is 5.92 Å². The Hall–Kier alpha value is -2.52. The quantitative estimate of drug-likeness (QED) is 0.590. The van der Waals surface area contributed by atoms with Crippen LogP contribution in [0.4, 0.5) is 5.95 Å². The van der Waals surface area contributed by atoms with Crippen LogP contribution in [-0.4, -0.2) is 48.9 Å². The maximum atomic E-state index is 11.9. The molecule has 2 aromatic heterocycles. The lowest BCUT2D eigenvalue weighted by Gasteiger charge is -2.07. The molecule has 0 aliphatic heterocycles. The lowest BCUT2D eigenvalue weighted by atomic mass is 10.2. The van der Waals surface area contributed by atoms with E-state index < -0.39 is 5.56 Å². The Labute approximate surface area is 125 Å².